The van der Waals surface area contributed by atoms with E-state index < -0.39 is 12.1 Å². The minimum Gasteiger partial charge on any atom is -0.406 e. The predicted molar refractivity (Wildman–Crippen MR) is 98.7 cm³/mol. The molecule has 0 radical (unpaired) electrons. The van der Waals surface area contributed by atoms with Crippen LogP contribution in [0.1, 0.15) is 37.7 Å². The number of carbonyl (C=O) groups excluding carboxylic acids is 1. The van der Waals surface area contributed by atoms with Crippen molar-refractivity contribution in [2.24, 2.45) is 0 Å². The Hall–Kier alpha value is -2.00. The number of carbonyl (C=O) groups is 1. The van der Waals surface area contributed by atoms with Crippen LogP contribution < -0.4 is 15.0 Å². The van der Waals surface area contributed by atoms with E-state index in [9.17, 15) is 18.0 Å². The number of anilines is 1. The van der Waals surface area contributed by atoms with Gasteiger partial charge in [0.15, 0.2) is 5.79 Å². The topological polar surface area (TPSA) is 60.0 Å². The molecule has 1 saturated carbocycles. The molecule has 1 amide bonds. The van der Waals surface area contributed by atoms with Gasteiger partial charge < -0.3 is 24.4 Å². The van der Waals surface area contributed by atoms with E-state index >= 15 is 0 Å². The lowest BCUT2D eigenvalue weighted by Crippen LogP contribution is -2.47. The van der Waals surface area contributed by atoms with Crippen molar-refractivity contribution in [3.63, 3.8) is 0 Å². The van der Waals surface area contributed by atoms with Gasteiger partial charge in [-0.15, -0.1) is 13.2 Å². The lowest BCUT2D eigenvalue weighted by atomic mass is 9.90. The van der Waals surface area contributed by atoms with E-state index in [4.69, 9.17) is 9.47 Å². The van der Waals surface area contributed by atoms with Gasteiger partial charge in [-0.3, -0.25) is 4.79 Å². The van der Waals surface area contributed by atoms with Crippen molar-refractivity contribution in [3.05, 3.63) is 23.8 Å². The number of nitrogens with zero attached hydrogens (tertiary/aromatic N) is 1. The Bertz CT molecular complexity index is 740. The highest BCUT2D eigenvalue weighted by Crippen LogP contribution is 2.36. The molecule has 1 aliphatic carbocycles. The number of amides is 1. The molecule has 4 rings (SSSR count). The average Bonchev–Trinajstić information content (AvgIpc) is 3.11. The minimum absolute atomic E-state index is 0.0809. The quantitative estimate of drug-likeness (QED) is 0.820. The van der Waals surface area contributed by atoms with Crippen molar-refractivity contribution >= 4 is 11.6 Å². The molecule has 0 unspecified atom stereocenters. The van der Waals surface area contributed by atoms with Crippen LogP contribution in [0, 0.1) is 0 Å². The third kappa shape index (κ3) is 4.95. The first-order valence-electron chi connectivity index (χ1n) is 10.0. The zero-order valence-electron chi connectivity index (χ0n) is 16.1. The van der Waals surface area contributed by atoms with Crippen LogP contribution >= 0.6 is 0 Å². The number of nitrogens with one attached hydrogen (secondary N) is 1. The smallest absolute Gasteiger partial charge is 0.406 e. The summed E-state index contributed by atoms with van der Waals surface area (Å²) in [6, 6.07) is 4.40. The van der Waals surface area contributed by atoms with Gasteiger partial charge in [-0.25, -0.2) is 0 Å². The Morgan fingerprint density at radius 3 is 2.66 bits per heavy atom. The summed E-state index contributed by atoms with van der Waals surface area (Å²) in [4.78, 5) is 14.5. The summed E-state index contributed by atoms with van der Waals surface area (Å²) in [7, 11) is 0. The maximum absolute atomic E-state index is 12.6. The third-order valence-electron chi connectivity index (χ3n) is 5.76. The number of aryl methyl sites for hydroxylation is 1. The second-order valence-corrected chi connectivity index (χ2v) is 7.81. The van der Waals surface area contributed by atoms with E-state index in [1.54, 1.807) is 6.07 Å². The molecule has 0 aromatic heterocycles. The number of hydrogen-bond acceptors (Lipinski definition) is 5. The molecule has 2 heterocycles. The van der Waals surface area contributed by atoms with Crippen LogP contribution in [0.25, 0.3) is 0 Å². The molecule has 6 nitrogen and oxygen atoms in total. The lowest BCUT2D eigenvalue weighted by Gasteiger charge is -2.36. The van der Waals surface area contributed by atoms with Crippen molar-refractivity contribution in [1.82, 2.24) is 5.32 Å². The fourth-order valence-electron chi connectivity index (χ4n) is 4.45. The summed E-state index contributed by atoms with van der Waals surface area (Å²) >= 11 is 0. The first-order chi connectivity index (χ1) is 13.8. The zero-order chi connectivity index (χ0) is 20.5. The molecule has 1 saturated heterocycles. The third-order valence-corrected chi connectivity index (χ3v) is 5.76. The van der Waals surface area contributed by atoms with Crippen LogP contribution in [0.5, 0.6) is 5.75 Å². The maximum Gasteiger partial charge on any atom is 0.573 e. The Balaban J connectivity index is 1.32. The van der Waals surface area contributed by atoms with Gasteiger partial charge in [-0.05, 0) is 49.4 Å². The Kier molecular flexibility index (Phi) is 5.61. The van der Waals surface area contributed by atoms with Crippen molar-refractivity contribution in [2.75, 3.05) is 31.2 Å². The zero-order valence-corrected chi connectivity index (χ0v) is 16.1. The summed E-state index contributed by atoms with van der Waals surface area (Å²) in [5, 5.41) is 3.08. The van der Waals surface area contributed by atoms with Gasteiger partial charge in [0.1, 0.15) is 5.75 Å². The van der Waals surface area contributed by atoms with E-state index in [2.05, 4.69) is 10.1 Å². The second kappa shape index (κ2) is 8.02. The van der Waals surface area contributed by atoms with Gasteiger partial charge in [0.25, 0.3) is 0 Å². The molecular weight excluding hydrogens is 389 g/mol. The largest absolute Gasteiger partial charge is 0.573 e. The molecule has 2 aliphatic heterocycles. The van der Waals surface area contributed by atoms with Crippen molar-refractivity contribution < 1.29 is 32.2 Å². The summed E-state index contributed by atoms with van der Waals surface area (Å²) < 4.78 is 52.7. The Labute approximate surface area is 167 Å². The van der Waals surface area contributed by atoms with Crippen LogP contribution in [0.15, 0.2) is 18.2 Å². The van der Waals surface area contributed by atoms with Crippen molar-refractivity contribution in [2.45, 2.75) is 56.7 Å². The highest BCUT2D eigenvalue weighted by Gasteiger charge is 2.40. The van der Waals surface area contributed by atoms with Gasteiger partial charge in [-0.2, -0.15) is 0 Å². The number of benzene rings is 1. The Morgan fingerprint density at radius 1 is 1.24 bits per heavy atom. The van der Waals surface area contributed by atoms with Crippen LogP contribution in [0.2, 0.25) is 0 Å². The molecule has 3 aliphatic rings. The molecule has 1 spiro atoms. The van der Waals surface area contributed by atoms with E-state index in [1.807, 2.05) is 4.90 Å². The van der Waals surface area contributed by atoms with E-state index in [1.165, 1.54) is 12.1 Å². The van der Waals surface area contributed by atoms with E-state index in [0.29, 0.717) is 26.2 Å². The van der Waals surface area contributed by atoms with Crippen LogP contribution in [0.4, 0.5) is 18.9 Å². The minimum atomic E-state index is -4.71. The average molecular weight is 414 g/mol. The standard InChI is InChI=1S/C20H25F3N2O4/c21-20(22,23)29-16-3-4-17-14(12-16)2-1-9-25(17)13-18(26)24-15-5-7-19(8-6-15)27-10-11-28-19/h3-4,12,15H,1-2,5-11,13H2,(H,24,26). The van der Waals surface area contributed by atoms with Gasteiger partial charge in [0.2, 0.25) is 5.91 Å². The summed E-state index contributed by atoms with van der Waals surface area (Å²) in [5.74, 6) is -0.763. The van der Waals surface area contributed by atoms with Gasteiger partial charge in [0, 0.05) is 31.1 Å². The lowest BCUT2D eigenvalue weighted by molar-refractivity contribution is -0.274. The van der Waals surface area contributed by atoms with Crippen molar-refractivity contribution in [1.29, 1.82) is 0 Å². The molecule has 0 bridgehead atoms. The SMILES string of the molecule is O=C(CN1CCCc2cc(OC(F)(F)F)ccc21)NC1CCC2(CC1)OCCO2. The fraction of sp³-hybridized carbons (Fsp3) is 0.650. The van der Waals surface area contributed by atoms with E-state index in [-0.39, 0.29) is 24.2 Å². The monoisotopic (exact) mass is 414 g/mol. The first kappa shape index (κ1) is 20.3. The normalized spacial score (nSPS) is 21.8. The second-order valence-electron chi connectivity index (χ2n) is 7.81. The number of ether oxygens (including phenoxy) is 3. The highest BCUT2D eigenvalue weighted by atomic mass is 19.4. The van der Waals surface area contributed by atoms with Crippen molar-refractivity contribution in [3.8, 4) is 5.75 Å². The van der Waals surface area contributed by atoms with E-state index in [0.717, 1.165) is 43.4 Å². The molecule has 9 heteroatoms. The van der Waals surface area contributed by atoms with Gasteiger partial charge in [-0.1, -0.05) is 0 Å². The summed E-state index contributed by atoms with van der Waals surface area (Å²) in [5.41, 5.74) is 1.55. The number of fused-ring (bicyclic) bond motifs is 1. The van der Waals surface area contributed by atoms with Crippen LogP contribution in [0.3, 0.4) is 0 Å². The van der Waals surface area contributed by atoms with Crippen LogP contribution in [-0.4, -0.2) is 50.4 Å². The maximum atomic E-state index is 12.6. The summed E-state index contributed by atoms with van der Waals surface area (Å²) in [6.07, 6.45) is -0.126. The number of alkyl halides is 3. The summed E-state index contributed by atoms with van der Waals surface area (Å²) in [6.45, 7) is 2.12. The molecule has 160 valence electrons. The van der Waals surface area contributed by atoms with Crippen LogP contribution in [-0.2, 0) is 20.7 Å². The number of rotatable bonds is 4. The highest BCUT2D eigenvalue weighted by molar-refractivity contribution is 5.82. The van der Waals surface area contributed by atoms with Gasteiger partial charge >= 0.3 is 6.36 Å². The molecule has 1 aromatic carbocycles. The number of halogens is 3. The molecule has 29 heavy (non-hydrogen) atoms. The fourth-order valence-corrected chi connectivity index (χ4v) is 4.45. The molecule has 0 atom stereocenters. The first-order valence-corrected chi connectivity index (χ1v) is 10.0. The molecule has 2 fully saturated rings. The molecule has 1 N–H and O–H groups in total. The Morgan fingerprint density at radius 2 is 1.97 bits per heavy atom. The molecule has 1 aromatic rings. The number of hydrogen-bond donors (Lipinski definition) is 1. The van der Waals surface area contributed by atoms with Gasteiger partial charge in [0.05, 0.1) is 19.8 Å². The predicted octanol–water partition coefficient (Wildman–Crippen LogP) is 3.14. The molecular formula is C20H25F3N2O4.